The third-order valence-electron chi connectivity index (χ3n) is 2.54. The van der Waals surface area contributed by atoms with E-state index in [1.807, 2.05) is 43.9 Å². The molecule has 0 atom stereocenters. The molecule has 0 aliphatic heterocycles. The standard InChI is InChI=1S/C13H21N3O/c1-4-15-13(17)9-16(5-2)12-7-10(3)6-11(14)8-12/h6-8H,4-5,9,14H2,1-3H3,(H,15,17). The molecule has 0 aromatic heterocycles. The summed E-state index contributed by atoms with van der Waals surface area (Å²) in [4.78, 5) is 13.6. The fourth-order valence-electron chi connectivity index (χ4n) is 1.79. The summed E-state index contributed by atoms with van der Waals surface area (Å²) in [6.07, 6.45) is 0. The Hall–Kier alpha value is -1.71. The van der Waals surface area contributed by atoms with Crippen LogP contribution in [0.5, 0.6) is 0 Å². The predicted octanol–water partition coefficient (Wildman–Crippen LogP) is 1.54. The van der Waals surface area contributed by atoms with Gasteiger partial charge in [-0.2, -0.15) is 0 Å². The number of amides is 1. The van der Waals surface area contributed by atoms with Gasteiger partial charge < -0.3 is 16.0 Å². The lowest BCUT2D eigenvalue weighted by Gasteiger charge is -2.23. The first-order valence-corrected chi connectivity index (χ1v) is 5.95. The van der Waals surface area contributed by atoms with E-state index in [0.29, 0.717) is 13.1 Å². The van der Waals surface area contributed by atoms with Crippen LogP contribution in [0.15, 0.2) is 18.2 Å². The highest BCUT2D eigenvalue weighted by Gasteiger charge is 2.09. The van der Waals surface area contributed by atoms with Crippen LogP contribution in [-0.2, 0) is 4.79 Å². The summed E-state index contributed by atoms with van der Waals surface area (Å²) >= 11 is 0. The molecule has 0 aliphatic carbocycles. The van der Waals surface area contributed by atoms with E-state index in [1.54, 1.807) is 0 Å². The first-order valence-electron chi connectivity index (χ1n) is 5.95. The lowest BCUT2D eigenvalue weighted by Crippen LogP contribution is -2.37. The Balaban J connectivity index is 2.82. The van der Waals surface area contributed by atoms with Gasteiger partial charge in [-0.1, -0.05) is 0 Å². The third-order valence-corrected chi connectivity index (χ3v) is 2.54. The van der Waals surface area contributed by atoms with Crippen LogP contribution in [0.4, 0.5) is 11.4 Å². The molecule has 1 aromatic carbocycles. The molecule has 4 nitrogen and oxygen atoms in total. The molecule has 1 amide bonds. The Bertz CT molecular complexity index is 370. The van der Waals surface area contributed by atoms with Gasteiger partial charge in [-0.05, 0) is 44.5 Å². The molecule has 3 N–H and O–H groups in total. The van der Waals surface area contributed by atoms with Gasteiger partial charge in [-0.3, -0.25) is 4.79 Å². The summed E-state index contributed by atoms with van der Waals surface area (Å²) in [6.45, 7) is 7.75. The molecular weight excluding hydrogens is 214 g/mol. The van der Waals surface area contributed by atoms with Crippen LogP contribution in [0.3, 0.4) is 0 Å². The van der Waals surface area contributed by atoms with Crippen molar-refractivity contribution >= 4 is 17.3 Å². The zero-order chi connectivity index (χ0) is 12.8. The van der Waals surface area contributed by atoms with Crippen LogP contribution in [0.1, 0.15) is 19.4 Å². The van der Waals surface area contributed by atoms with Crippen LogP contribution in [0, 0.1) is 6.92 Å². The summed E-state index contributed by atoms with van der Waals surface area (Å²) in [7, 11) is 0. The molecule has 0 saturated heterocycles. The summed E-state index contributed by atoms with van der Waals surface area (Å²) in [6, 6.07) is 5.86. The number of nitrogens with two attached hydrogens (primary N) is 1. The van der Waals surface area contributed by atoms with E-state index < -0.39 is 0 Å². The molecule has 17 heavy (non-hydrogen) atoms. The van der Waals surface area contributed by atoms with Crippen molar-refractivity contribution in [1.29, 1.82) is 0 Å². The average Bonchev–Trinajstić information content (AvgIpc) is 2.24. The number of hydrogen-bond acceptors (Lipinski definition) is 3. The number of aryl methyl sites for hydroxylation is 1. The second-order valence-electron chi connectivity index (χ2n) is 4.07. The van der Waals surface area contributed by atoms with Gasteiger partial charge in [0.2, 0.25) is 5.91 Å². The van der Waals surface area contributed by atoms with Crippen molar-refractivity contribution in [3.8, 4) is 0 Å². The van der Waals surface area contributed by atoms with Crippen molar-refractivity contribution in [1.82, 2.24) is 5.32 Å². The number of nitrogens with zero attached hydrogens (tertiary/aromatic N) is 1. The van der Waals surface area contributed by atoms with Gasteiger partial charge in [0, 0.05) is 24.5 Å². The summed E-state index contributed by atoms with van der Waals surface area (Å²) < 4.78 is 0. The fraction of sp³-hybridized carbons (Fsp3) is 0.462. The number of rotatable bonds is 5. The van der Waals surface area contributed by atoms with E-state index in [4.69, 9.17) is 5.73 Å². The molecule has 0 unspecified atom stereocenters. The van der Waals surface area contributed by atoms with Gasteiger partial charge in [0.15, 0.2) is 0 Å². The summed E-state index contributed by atoms with van der Waals surface area (Å²) in [5, 5.41) is 2.80. The molecule has 94 valence electrons. The Kier molecular flexibility index (Phi) is 4.82. The number of hydrogen-bond donors (Lipinski definition) is 2. The number of benzene rings is 1. The molecule has 0 aliphatic rings. The normalized spacial score (nSPS) is 10.1. The third kappa shape index (κ3) is 3.98. The van der Waals surface area contributed by atoms with Crippen LogP contribution in [0.2, 0.25) is 0 Å². The molecule has 1 rings (SSSR count). The minimum Gasteiger partial charge on any atom is -0.399 e. The van der Waals surface area contributed by atoms with Crippen molar-refractivity contribution in [3.63, 3.8) is 0 Å². The molecule has 0 saturated carbocycles. The van der Waals surface area contributed by atoms with Gasteiger partial charge in [-0.15, -0.1) is 0 Å². The van der Waals surface area contributed by atoms with Crippen molar-refractivity contribution in [3.05, 3.63) is 23.8 Å². The smallest absolute Gasteiger partial charge is 0.239 e. The van der Waals surface area contributed by atoms with Crippen LogP contribution < -0.4 is 16.0 Å². The van der Waals surface area contributed by atoms with E-state index in [-0.39, 0.29) is 5.91 Å². The zero-order valence-electron chi connectivity index (χ0n) is 10.8. The molecule has 4 heteroatoms. The quantitative estimate of drug-likeness (QED) is 0.761. The maximum Gasteiger partial charge on any atom is 0.239 e. The monoisotopic (exact) mass is 235 g/mol. The van der Waals surface area contributed by atoms with Crippen molar-refractivity contribution in [2.75, 3.05) is 30.3 Å². The van der Waals surface area contributed by atoms with E-state index >= 15 is 0 Å². The first kappa shape index (κ1) is 13.4. The lowest BCUT2D eigenvalue weighted by atomic mass is 10.2. The maximum atomic E-state index is 11.6. The molecule has 0 spiro atoms. The van der Waals surface area contributed by atoms with E-state index in [2.05, 4.69) is 5.32 Å². The second-order valence-corrected chi connectivity index (χ2v) is 4.07. The minimum atomic E-state index is 0.0365. The second kappa shape index (κ2) is 6.13. The van der Waals surface area contributed by atoms with E-state index in [0.717, 1.165) is 23.5 Å². The number of nitrogens with one attached hydrogen (secondary N) is 1. The SMILES string of the molecule is CCNC(=O)CN(CC)c1cc(C)cc(N)c1. The number of carbonyl (C=O) groups is 1. The highest BCUT2D eigenvalue weighted by molar-refractivity contribution is 5.81. The van der Waals surface area contributed by atoms with Gasteiger partial charge in [0.1, 0.15) is 0 Å². The van der Waals surface area contributed by atoms with Crippen LogP contribution in [-0.4, -0.2) is 25.5 Å². The molecule has 0 heterocycles. The van der Waals surface area contributed by atoms with Gasteiger partial charge in [-0.25, -0.2) is 0 Å². The van der Waals surface area contributed by atoms with Gasteiger partial charge in [0.25, 0.3) is 0 Å². The first-order chi connectivity index (χ1) is 8.06. The Morgan fingerprint density at radius 3 is 2.59 bits per heavy atom. The Morgan fingerprint density at radius 1 is 1.35 bits per heavy atom. The summed E-state index contributed by atoms with van der Waals surface area (Å²) in [5.74, 6) is 0.0365. The van der Waals surface area contributed by atoms with Crippen molar-refractivity contribution in [2.45, 2.75) is 20.8 Å². The fourth-order valence-corrected chi connectivity index (χ4v) is 1.79. The summed E-state index contributed by atoms with van der Waals surface area (Å²) in [5.41, 5.74) is 8.65. The molecule has 1 aromatic rings. The number of carbonyl (C=O) groups excluding carboxylic acids is 1. The van der Waals surface area contributed by atoms with Crippen LogP contribution >= 0.6 is 0 Å². The topological polar surface area (TPSA) is 58.4 Å². The predicted molar refractivity (Wildman–Crippen MR) is 72.2 cm³/mol. The molecule has 0 radical (unpaired) electrons. The van der Waals surface area contributed by atoms with Crippen LogP contribution in [0.25, 0.3) is 0 Å². The molecule has 0 fully saturated rings. The number of anilines is 2. The average molecular weight is 235 g/mol. The highest BCUT2D eigenvalue weighted by atomic mass is 16.2. The minimum absolute atomic E-state index is 0.0365. The molecular formula is C13H21N3O. The van der Waals surface area contributed by atoms with E-state index in [9.17, 15) is 4.79 Å². The lowest BCUT2D eigenvalue weighted by molar-refractivity contribution is -0.119. The van der Waals surface area contributed by atoms with Gasteiger partial charge >= 0.3 is 0 Å². The van der Waals surface area contributed by atoms with Crippen molar-refractivity contribution in [2.24, 2.45) is 0 Å². The number of nitrogen functional groups attached to an aromatic ring is 1. The molecule has 0 bridgehead atoms. The number of likely N-dealkylation sites (N-methyl/N-ethyl adjacent to an activating group) is 2. The largest absolute Gasteiger partial charge is 0.399 e. The highest BCUT2D eigenvalue weighted by Crippen LogP contribution is 2.19. The Labute approximate surface area is 103 Å². The Morgan fingerprint density at radius 2 is 2.06 bits per heavy atom. The maximum absolute atomic E-state index is 11.6. The van der Waals surface area contributed by atoms with Crippen molar-refractivity contribution < 1.29 is 4.79 Å². The van der Waals surface area contributed by atoms with E-state index in [1.165, 1.54) is 0 Å². The van der Waals surface area contributed by atoms with Gasteiger partial charge in [0.05, 0.1) is 6.54 Å². The zero-order valence-corrected chi connectivity index (χ0v) is 10.8.